The van der Waals surface area contributed by atoms with Crippen LogP contribution in [0.15, 0.2) is 12.1 Å². The number of rotatable bonds is 5. The van der Waals surface area contributed by atoms with Gasteiger partial charge in [0.15, 0.2) is 23.9 Å². The number of hydrogen-bond donors (Lipinski definition) is 1. The number of Topliss-reactive ketones (excluding diaryl/α,β-unsaturated/α-hetero) is 1. The van der Waals surface area contributed by atoms with Crippen LogP contribution in [0.2, 0.25) is 0 Å². The summed E-state index contributed by atoms with van der Waals surface area (Å²) in [4.78, 5) is 35.3. The Bertz CT molecular complexity index is 683. The summed E-state index contributed by atoms with van der Waals surface area (Å²) >= 11 is 0. The van der Waals surface area contributed by atoms with Gasteiger partial charge in [-0.25, -0.2) is 0 Å². The summed E-state index contributed by atoms with van der Waals surface area (Å²) in [6, 6.07) is 3.06. The molecule has 1 heterocycles. The topological polar surface area (TPSA) is 90.9 Å². The van der Waals surface area contributed by atoms with Crippen molar-refractivity contribution in [2.24, 2.45) is 11.8 Å². The first kappa shape index (κ1) is 15.3. The van der Waals surface area contributed by atoms with E-state index in [0.717, 1.165) is 6.42 Å². The molecular weight excluding hydrogens is 302 g/mol. The number of carbonyl (C=O) groups is 3. The number of nitrogens with one attached hydrogen (secondary N) is 1. The van der Waals surface area contributed by atoms with Gasteiger partial charge in [0.1, 0.15) is 0 Å². The fraction of sp³-hybridized carbons (Fsp3) is 0.438. The van der Waals surface area contributed by atoms with E-state index in [1.165, 1.54) is 19.1 Å². The molecule has 23 heavy (non-hydrogen) atoms. The Labute approximate surface area is 132 Å². The highest BCUT2D eigenvalue weighted by Crippen LogP contribution is 2.39. The number of benzene rings is 1. The van der Waals surface area contributed by atoms with E-state index in [4.69, 9.17) is 14.2 Å². The zero-order chi connectivity index (χ0) is 16.6. The van der Waals surface area contributed by atoms with Crippen molar-refractivity contribution in [3.05, 3.63) is 17.7 Å². The van der Waals surface area contributed by atoms with Crippen LogP contribution in [0, 0.1) is 11.8 Å². The van der Waals surface area contributed by atoms with Gasteiger partial charge in [0.2, 0.25) is 6.79 Å². The predicted octanol–water partition coefficient (Wildman–Crippen LogP) is 1.76. The smallest absolute Gasteiger partial charge is 0.309 e. The van der Waals surface area contributed by atoms with Gasteiger partial charge in [0.05, 0.1) is 11.6 Å². The van der Waals surface area contributed by atoms with Crippen molar-refractivity contribution >= 4 is 23.3 Å². The Morgan fingerprint density at radius 1 is 1.26 bits per heavy atom. The fourth-order valence-electron chi connectivity index (χ4n) is 2.42. The Morgan fingerprint density at radius 2 is 1.91 bits per heavy atom. The highest BCUT2D eigenvalue weighted by molar-refractivity contribution is 6.05. The number of ether oxygens (including phenoxy) is 3. The van der Waals surface area contributed by atoms with E-state index >= 15 is 0 Å². The van der Waals surface area contributed by atoms with Crippen LogP contribution < -0.4 is 14.8 Å². The lowest BCUT2D eigenvalue weighted by Crippen LogP contribution is -2.22. The summed E-state index contributed by atoms with van der Waals surface area (Å²) in [6.07, 6.45) is 0.803. The maximum Gasteiger partial charge on any atom is 0.309 e. The third-order valence-electron chi connectivity index (χ3n) is 3.92. The normalized spacial score (nSPS) is 20.8. The molecule has 1 N–H and O–H groups in total. The quantitative estimate of drug-likeness (QED) is 0.657. The minimum atomic E-state index is -0.506. The van der Waals surface area contributed by atoms with E-state index in [-0.39, 0.29) is 31.1 Å². The van der Waals surface area contributed by atoms with E-state index in [1.807, 2.05) is 6.92 Å². The number of ketones is 1. The van der Waals surface area contributed by atoms with Gasteiger partial charge in [-0.1, -0.05) is 6.92 Å². The average Bonchev–Trinajstić information content (AvgIpc) is 3.06. The summed E-state index contributed by atoms with van der Waals surface area (Å²) in [5, 5.41) is 2.57. The van der Waals surface area contributed by atoms with Crippen molar-refractivity contribution in [2.75, 3.05) is 18.7 Å². The van der Waals surface area contributed by atoms with E-state index in [1.54, 1.807) is 0 Å². The molecule has 1 aliphatic heterocycles. The van der Waals surface area contributed by atoms with E-state index < -0.39 is 5.91 Å². The summed E-state index contributed by atoms with van der Waals surface area (Å²) in [5.41, 5.74) is 0.618. The van der Waals surface area contributed by atoms with Gasteiger partial charge in [-0.3, -0.25) is 14.4 Å². The molecule has 0 bridgehead atoms. The van der Waals surface area contributed by atoms with Crippen molar-refractivity contribution < 1.29 is 28.6 Å². The summed E-state index contributed by atoms with van der Waals surface area (Å²) in [6.45, 7) is 3.04. The second-order valence-electron chi connectivity index (χ2n) is 5.78. The van der Waals surface area contributed by atoms with Crippen LogP contribution in [0.5, 0.6) is 11.5 Å². The van der Waals surface area contributed by atoms with Gasteiger partial charge in [0.25, 0.3) is 5.91 Å². The van der Waals surface area contributed by atoms with Crippen LogP contribution in [0.4, 0.5) is 5.69 Å². The molecule has 1 aromatic rings. The molecule has 0 unspecified atom stereocenters. The number of esters is 1. The summed E-state index contributed by atoms with van der Waals surface area (Å²) < 4.78 is 15.4. The number of carbonyl (C=O) groups excluding carboxylic acids is 3. The maximum absolute atomic E-state index is 11.9. The zero-order valence-electron chi connectivity index (χ0n) is 12.9. The standard InChI is InChI=1S/C16H17NO6/c1-8-3-10(8)16(20)21-6-15(19)17-12-5-14-13(22-7-23-14)4-11(12)9(2)18/h4-5,8,10H,3,6-7H2,1-2H3,(H,17,19)/t8-,10-/m0/s1. The van der Waals surface area contributed by atoms with Crippen molar-refractivity contribution in [2.45, 2.75) is 20.3 Å². The molecule has 1 aromatic carbocycles. The number of hydrogen-bond acceptors (Lipinski definition) is 6. The highest BCUT2D eigenvalue weighted by atomic mass is 16.7. The first-order chi connectivity index (χ1) is 11.0. The van der Waals surface area contributed by atoms with Crippen molar-refractivity contribution in [1.82, 2.24) is 0 Å². The van der Waals surface area contributed by atoms with Crippen molar-refractivity contribution in [3.8, 4) is 11.5 Å². The highest BCUT2D eigenvalue weighted by Gasteiger charge is 2.40. The van der Waals surface area contributed by atoms with Crippen LogP contribution in [0.3, 0.4) is 0 Å². The second kappa shape index (κ2) is 5.91. The van der Waals surface area contributed by atoms with Crippen LogP contribution in [0.25, 0.3) is 0 Å². The first-order valence-corrected chi connectivity index (χ1v) is 7.36. The lowest BCUT2D eigenvalue weighted by molar-refractivity contribution is -0.148. The minimum absolute atomic E-state index is 0.0707. The average molecular weight is 319 g/mol. The van der Waals surface area contributed by atoms with E-state index in [2.05, 4.69) is 5.32 Å². The molecule has 7 nitrogen and oxygen atoms in total. The molecule has 122 valence electrons. The summed E-state index contributed by atoms with van der Waals surface area (Å²) in [5.74, 6) is 0.0573. The Balaban J connectivity index is 1.65. The van der Waals surface area contributed by atoms with Gasteiger partial charge in [-0.15, -0.1) is 0 Å². The SMILES string of the molecule is CC(=O)c1cc2c(cc1NC(=O)COC(=O)[C@H]1C[C@@H]1C)OCO2. The van der Waals surface area contributed by atoms with Gasteiger partial charge in [0, 0.05) is 11.6 Å². The number of fused-ring (bicyclic) bond motifs is 1. The molecule has 0 aromatic heterocycles. The molecule has 1 aliphatic carbocycles. The summed E-state index contributed by atoms with van der Waals surface area (Å²) in [7, 11) is 0. The van der Waals surface area contributed by atoms with Crippen molar-refractivity contribution in [3.63, 3.8) is 0 Å². The molecule has 1 amide bonds. The third-order valence-corrected chi connectivity index (χ3v) is 3.92. The molecule has 1 fully saturated rings. The first-order valence-electron chi connectivity index (χ1n) is 7.36. The fourth-order valence-corrected chi connectivity index (χ4v) is 2.42. The van der Waals surface area contributed by atoms with Crippen molar-refractivity contribution in [1.29, 1.82) is 0 Å². The molecule has 2 atom stereocenters. The zero-order valence-corrected chi connectivity index (χ0v) is 12.9. The molecular formula is C16H17NO6. The van der Waals surface area contributed by atoms with E-state index in [9.17, 15) is 14.4 Å². The Morgan fingerprint density at radius 3 is 2.52 bits per heavy atom. The molecule has 3 rings (SSSR count). The van der Waals surface area contributed by atoms with Crippen LogP contribution in [0.1, 0.15) is 30.6 Å². The van der Waals surface area contributed by atoms with Crippen LogP contribution in [-0.2, 0) is 14.3 Å². The molecule has 7 heteroatoms. The number of anilines is 1. The molecule has 0 saturated heterocycles. The largest absolute Gasteiger partial charge is 0.455 e. The monoisotopic (exact) mass is 319 g/mol. The molecule has 2 aliphatic rings. The third kappa shape index (κ3) is 3.28. The lowest BCUT2D eigenvalue weighted by Gasteiger charge is -2.11. The van der Waals surface area contributed by atoms with Gasteiger partial charge in [-0.05, 0) is 25.3 Å². The van der Waals surface area contributed by atoms with Crippen LogP contribution in [-0.4, -0.2) is 31.1 Å². The van der Waals surface area contributed by atoms with E-state index in [0.29, 0.717) is 28.7 Å². The maximum atomic E-state index is 11.9. The molecule has 0 radical (unpaired) electrons. The second-order valence-corrected chi connectivity index (χ2v) is 5.78. The minimum Gasteiger partial charge on any atom is -0.455 e. The Hall–Kier alpha value is -2.57. The molecule has 1 saturated carbocycles. The van der Waals surface area contributed by atoms with Gasteiger partial charge >= 0.3 is 5.97 Å². The molecule has 0 spiro atoms. The van der Waals surface area contributed by atoms with Crippen LogP contribution >= 0.6 is 0 Å². The predicted molar refractivity (Wildman–Crippen MR) is 79.4 cm³/mol. The van der Waals surface area contributed by atoms with Gasteiger partial charge < -0.3 is 19.5 Å². The number of amides is 1. The lowest BCUT2D eigenvalue weighted by atomic mass is 10.1. The Kier molecular flexibility index (Phi) is 3.94. The van der Waals surface area contributed by atoms with Gasteiger partial charge in [-0.2, -0.15) is 0 Å².